The van der Waals surface area contributed by atoms with Crippen LogP contribution in [0.3, 0.4) is 0 Å². The van der Waals surface area contributed by atoms with Gasteiger partial charge in [0.25, 0.3) is 5.91 Å². The third-order valence-corrected chi connectivity index (χ3v) is 5.14. The van der Waals surface area contributed by atoms with Crippen LogP contribution in [0.1, 0.15) is 5.56 Å². The van der Waals surface area contributed by atoms with Gasteiger partial charge in [0.05, 0.1) is 12.0 Å². The van der Waals surface area contributed by atoms with Gasteiger partial charge in [-0.1, -0.05) is 90.6 Å². The highest BCUT2D eigenvalue weighted by Crippen LogP contribution is 2.27. The van der Waals surface area contributed by atoms with E-state index in [0.29, 0.717) is 5.16 Å². The predicted molar refractivity (Wildman–Crippen MR) is 120 cm³/mol. The second-order valence-electron chi connectivity index (χ2n) is 6.34. The fraction of sp³-hybridized carbons (Fsp3) is 0.0435. The first-order valence-corrected chi connectivity index (χ1v) is 10.4. The summed E-state index contributed by atoms with van der Waals surface area (Å²) in [6, 6.07) is 29.3. The van der Waals surface area contributed by atoms with Gasteiger partial charge in [-0.2, -0.15) is 5.10 Å². The van der Waals surface area contributed by atoms with Crippen molar-refractivity contribution in [3.63, 3.8) is 0 Å². The molecule has 1 N–H and O–H groups in total. The number of hydrogen-bond donors (Lipinski definition) is 1. The van der Waals surface area contributed by atoms with Crippen LogP contribution in [0.15, 0.2) is 101 Å². The Kier molecular flexibility index (Phi) is 6.31. The normalized spacial score (nSPS) is 10.9. The molecule has 0 unspecified atom stereocenters. The van der Waals surface area contributed by atoms with E-state index in [2.05, 4.69) is 20.7 Å². The highest BCUT2D eigenvalue weighted by atomic mass is 32.2. The second kappa shape index (κ2) is 9.67. The van der Waals surface area contributed by atoms with Crippen molar-refractivity contribution in [2.24, 2.45) is 5.10 Å². The van der Waals surface area contributed by atoms with Gasteiger partial charge in [0.2, 0.25) is 0 Å². The number of aromatic nitrogens is 3. The van der Waals surface area contributed by atoms with Crippen molar-refractivity contribution >= 4 is 23.9 Å². The Labute approximate surface area is 178 Å². The predicted octanol–water partition coefficient (Wildman–Crippen LogP) is 4.18. The third kappa shape index (κ3) is 4.82. The zero-order valence-electron chi connectivity index (χ0n) is 16.1. The number of amides is 1. The maximum atomic E-state index is 12.2. The molecule has 3 aromatic carbocycles. The minimum absolute atomic E-state index is 0.173. The van der Waals surface area contributed by atoms with E-state index in [1.165, 1.54) is 11.8 Å². The standard InChI is InChI=1S/C23H19N5OS/c29-21(25-24-16-18-10-4-1-5-11-18)17-30-23-27-26-22(19-12-6-2-7-13-19)28(23)20-14-8-3-9-15-20/h1-16H,17H2,(H,25,29). The summed E-state index contributed by atoms with van der Waals surface area (Å²) in [5, 5.41) is 13.3. The Morgan fingerprint density at radius 3 is 2.23 bits per heavy atom. The Morgan fingerprint density at radius 2 is 1.53 bits per heavy atom. The molecule has 1 aromatic heterocycles. The minimum atomic E-state index is -0.212. The van der Waals surface area contributed by atoms with Crippen LogP contribution < -0.4 is 5.43 Å². The number of thioether (sulfide) groups is 1. The van der Waals surface area contributed by atoms with Gasteiger partial charge in [-0.3, -0.25) is 9.36 Å². The fourth-order valence-electron chi connectivity index (χ4n) is 2.83. The lowest BCUT2D eigenvalue weighted by Gasteiger charge is -2.10. The molecule has 0 radical (unpaired) electrons. The van der Waals surface area contributed by atoms with Crippen LogP contribution in [0.25, 0.3) is 17.1 Å². The van der Waals surface area contributed by atoms with E-state index < -0.39 is 0 Å². The van der Waals surface area contributed by atoms with Crippen LogP contribution in [0.2, 0.25) is 0 Å². The summed E-state index contributed by atoms with van der Waals surface area (Å²) >= 11 is 1.32. The fourth-order valence-corrected chi connectivity index (χ4v) is 3.57. The largest absolute Gasteiger partial charge is 0.272 e. The molecule has 0 aliphatic rings. The van der Waals surface area contributed by atoms with Crippen molar-refractivity contribution in [2.75, 3.05) is 5.75 Å². The topological polar surface area (TPSA) is 72.2 Å². The molecular formula is C23H19N5OS. The number of hydrogen-bond acceptors (Lipinski definition) is 5. The molecule has 0 saturated carbocycles. The molecule has 30 heavy (non-hydrogen) atoms. The molecule has 4 aromatic rings. The van der Waals surface area contributed by atoms with E-state index >= 15 is 0 Å². The summed E-state index contributed by atoms with van der Waals surface area (Å²) < 4.78 is 1.96. The molecule has 0 bridgehead atoms. The number of carbonyl (C=O) groups excluding carboxylic acids is 1. The zero-order valence-corrected chi connectivity index (χ0v) is 16.9. The lowest BCUT2D eigenvalue weighted by molar-refractivity contribution is -0.118. The summed E-state index contributed by atoms with van der Waals surface area (Å²) in [6.07, 6.45) is 1.61. The molecular weight excluding hydrogens is 394 g/mol. The zero-order chi connectivity index (χ0) is 20.6. The molecule has 148 valence electrons. The number of nitrogens with one attached hydrogen (secondary N) is 1. The van der Waals surface area contributed by atoms with Crippen molar-refractivity contribution in [3.8, 4) is 17.1 Å². The van der Waals surface area contributed by atoms with E-state index in [9.17, 15) is 4.79 Å². The summed E-state index contributed by atoms with van der Waals surface area (Å²) in [6.45, 7) is 0. The molecule has 1 heterocycles. The molecule has 1 amide bonds. The first-order chi connectivity index (χ1) is 14.8. The average Bonchev–Trinajstić information content (AvgIpc) is 3.23. The number of para-hydroxylation sites is 1. The maximum absolute atomic E-state index is 12.2. The van der Waals surface area contributed by atoms with Crippen molar-refractivity contribution in [1.29, 1.82) is 0 Å². The van der Waals surface area contributed by atoms with Gasteiger partial charge in [-0.25, -0.2) is 5.43 Å². The summed E-state index contributed by atoms with van der Waals surface area (Å²) in [4.78, 5) is 12.2. The minimum Gasteiger partial charge on any atom is -0.272 e. The highest BCUT2D eigenvalue weighted by molar-refractivity contribution is 7.99. The number of nitrogens with zero attached hydrogens (tertiary/aromatic N) is 4. The van der Waals surface area contributed by atoms with Crippen molar-refractivity contribution < 1.29 is 4.79 Å². The Hall–Kier alpha value is -3.71. The number of hydrazone groups is 1. The summed E-state index contributed by atoms with van der Waals surface area (Å²) in [5.74, 6) is 0.689. The molecule has 4 rings (SSSR count). The molecule has 7 heteroatoms. The molecule has 6 nitrogen and oxygen atoms in total. The number of carbonyl (C=O) groups is 1. The first-order valence-electron chi connectivity index (χ1n) is 9.37. The van der Waals surface area contributed by atoms with Gasteiger partial charge in [0, 0.05) is 11.3 Å². The van der Waals surface area contributed by atoms with E-state index in [1.54, 1.807) is 6.21 Å². The molecule has 0 spiro atoms. The highest BCUT2D eigenvalue weighted by Gasteiger charge is 2.16. The Balaban J connectivity index is 1.49. The number of benzene rings is 3. The monoisotopic (exact) mass is 413 g/mol. The molecule has 0 atom stereocenters. The molecule has 0 aliphatic carbocycles. The first kappa shape index (κ1) is 19.6. The maximum Gasteiger partial charge on any atom is 0.250 e. The lowest BCUT2D eigenvalue weighted by Crippen LogP contribution is -2.20. The van der Waals surface area contributed by atoms with Gasteiger partial charge in [-0.05, 0) is 17.7 Å². The average molecular weight is 414 g/mol. The molecule has 0 fully saturated rings. The Bertz CT molecular complexity index is 1130. The van der Waals surface area contributed by atoms with E-state index in [0.717, 1.165) is 22.6 Å². The second-order valence-corrected chi connectivity index (χ2v) is 7.28. The smallest absolute Gasteiger partial charge is 0.250 e. The SMILES string of the molecule is O=C(CSc1nnc(-c2ccccc2)n1-c1ccccc1)NN=Cc1ccccc1. The van der Waals surface area contributed by atoms with Crippen LogP contribution in [-0.4, -0.2) is 32.6 Å². The summed E-state index contributed by atoms with van der Waals surface area (Å²) in [7, 11) is 0. The third-order valence-electron chi connectivity index (χ3n) is 4.21. The molecule has 0 saturated heterocycles. The van der Waals surface area contributed by atoms with Crippen LogP contribution >= 0.6 is 11.8 Å². The Morgan fingerprint density at radius 1 is 0.900 bits per heavy atom. The van der Waals surface area contributed by atoms with Gasteiger partial charge in [0.1, 0.15) is 0 Å². The van der Waals surface area contributed by atoms with Crippen LogP contribution in [0.5, 0.6) is 0 Å². The van der Waals surface area contributed by atoms with Crippen LogP contribution in [-0.2, 0) is 4.79 Å². The summed E-state index contributed by atoms with van der Waals surface area (Å²) in [5.41, 5.74) is 5.36. The van der Waals surface area contributed by atoms with E-state index in [1.807, 2.05) is 95.6 Å². The van der Waals surface area contributed by atoms with E-state index in [4.69, 9.17) is 0 Å². The van der Waals surface area contributed by atoms with Crippen molar-refractivity contribution in [1.82, 2.24) is 20.2 Å². The van der Waals surface area contributed by atoms with Crippen LogP contribution in [0.4, 0.5) is 0 Å². The van der Waals surface area contributed by atoms with Gasteiger partial charge >= 0.3 is 0 Å². The van der Waals surface area contributed by atoms with Crippen LogP contribution in [0, 0.1) is 0 Å². The van der Waals surface area contributed by atoms with Crippen molar-refractivity contribution in [2.45, 2.75) is 5.16 Å². The lowest BCUT2D eigenvalue weighted by atomic mass is 10.2. The van der Waals surface area contributed by atoms with Gasteiger partial charge in [0.15, 0.2) is 11.0 Å². The molecule has 0 aliphatic heterocycles. The van der Waals surface area contributed by atoms with Crippen molar-refractivity contribution in [3.05, 3.63) is 96.6 Å². The quantitative estimate of drug-likeness (QED) is 0.280. The number of rotatable bonds is 7. The van der Waals surface area contributed by atoms with Gasteiger partial charge in [-0.15, -0.1) is 10.2 Å². The van der Waals surface area contributed by atoms with E-state index in [-0.39, 0.29) is 11.7 Å². The van der Waals surface area contributed by atoms with Gasteiger partial charge < -0.3 is 0 Å².